The van der Waals surface area contributed by atoms with Crippen LogP contribution in [-0.4, -0.2) is 56.4 Å². The first-order valence-corrected chi connectivity index (χ1v) is 13.1. The third-order valence-corrected chi connectivity index (χ3v) is 6.75. The molecule has 0 saturated heterocycles. The summed E-state index contributed by atoms with van der Waals surface area (Å²) < 4.78 is 16.8. The van der Waals surface area contributed by atoms with Crippen LogP contribution in [0.1, 0.15) is 44.1 Å². The van der Waals surface area contributed by atoms with Gasteiger partial charge in [-0.3, -0.25) is 9.59 Å². The number of rotatable bonds is 12. The molecule has 0 aromatic heterocycles. The van der Waals surface area contributed by atoms with Crippen LogP contribution in [0.4, 0.5) is 11.4 Å². The number of carbonyl (C=O) groups is 2. The Labute approximate surface area is 217 Å². The molecule has 2 aromatic rings. The second kappa shape index (κ2) is 13.3. The molecule has 0 spiro atoms. The number of amides is 2. The van der Waals surface area contributed by atoms with Crippen molar-refractivity contribution >= 4 is 23.2 Å². The van der Waals surface area contributed by atoms with Gasteiger partial charge in [0.15, 0.2) is 0 Å². The second-order valence-corrected chi connectivity index (χ2v) is 9.57. The molecule has 1 atom stereocenters. The van der Waals surface area contributed by atoms with Gasteiger partial charge in [-0.15, -0.1) is 0 Å². The lowest BCUT2D eigenvalue weighted by Crippen LogP contribution is -2.34. The van der Waals surface area contributed by atoms with Gasteiger partial charge in [0.2, 0.25) is 11.8 Å². The molecule has 2 aromatic carbocycles. The summed E-state index contributed by atoms with van der Waals surface area (Å²) in [6, 6.07) is 10.9. The van der Waals surface area contributed by atoms with E-state index in [-0.39, 0.29) is 24.3 Å². The van der Waals surface area contributed by atoms with E-state index >= 15 is 0 Å². The van der Waals surface area contributed by atoms with Crippen LogP contribution in [0.2, 0.25) is 0 Å². The normalized spacial score (nSPS) is 16.3. The zero-order chi connectivity index (χ0) is 26.0. The fourth-order valence-corrected chi connectivity index (χ4v) is 4.70. The number of nitrogens with one attached hydrogen (secondary N) is 3. The second-order valence-electron chi connectivity index (χ2n) is 9.57. The monoisotopic (exact) mass is 511 g/mol. The van der Waals surface area contributed by atoms with Gasteiger partial charge in [0, 0.05) is 48.4 Å². The first-order valence-electron chi connectivity index (χ1n) is 13.1. The Bertz CT molecular complexity index is 1050. The van der Waals surface area contributed by atoms with E-state index in [4.69, 9.17) is 14.2 Å². The maximum absolute atomic E-state index is 12.8. The van der Waals surface area contributed by atoms with Crippen LogP contribution in [0.5, 0.6) is 17.2 Å². The smallest absolute Gasteiger partial charge is 0.227 e. The van der Waals surface area contributed by atoms with Gasteiger partial charge in [0.05, 0.1) is 7.11 Å². The molecule has 1 fully saturated rings. The Balaban J connectivity index is 1.27. The van der Waals surface area contributed by atoms with E-state index in [1.54, 1.807) is 19.2 Å². The van der Waals surface area contributed by atoms with Crippen LogP contribution in [-0.2, 0) is 16.0 Å². The van der Waals surface area contributed by atoms with Gasteiger partial charge in [-0.2, -0.15) is 0 Å². The van der Waals surface area contributed by atoms with Gasteiger partial charge in [0.25, 0.3) is 0 Å². The van der Waals surface area contributed by atoms with Crippen molar-refractivity contribution < 1.29 is 28.9 Å². The van der Waals surface area contributed by atoms with Gasteiger partial charge in [-0.25, -0.2) is 0 Å². The number of benzene rings is 2. The predicted molar refractivity (Wildman–Crippen MR) is 141 cm³/mol. The first-order chi connectivity index (χ1) is 18.0. The highest BCUT2D eigenvalue weighted by Gasteiger charge is 2.24. The zero-order valence-electron chi connectivity index (χ0n) is 21.4. The van der Waals surface area contributed by atoms with Crippen molar-refractivity contribution in [2.24, 2.45) is 5.92 Å². The van der Waals surface area contributed by atoms with Crippen molar-refractivity contribution in [3.05, 3.63) is 42.0 Å². The highest BCUT2D eigenvalue weighted by molar-refractivity contribution is 5.98. The third-order valence-electron chi connectivity index (χ3n) is 6.75. The molecule has 4 N–H and O–H groups in total. The maximum Gasteiger partial charge on any atom is 0.227 e. The van der Waals surface area contributed by atoms with E-state index < -0.39 is 6.10 Å². The van der Waals surface area contributed by atoms with Gasteiger partial charge in [-0.05, 0) is 49.6 Å². The molecule has 1 aliphatic heterocycles. The molecule has 9 nitrogen and oxygen atoms in total. The zero-order valence-corrected chi connectivity index (χ0v) is 21.4. The van der Waals surface area contributed by atoms with E-state index in [1.165, 1.54) is 6.42 Å². The molecule has 1 saturated carbocycles. The summed E-state index contributed by atoms with van der Waals surface area (Å²) in [5, 5.41) is 19.5. The van der Waals surface area contributed by atoms with E-state index in [2.05, 4.69) is 16.0 Å². The molecule has 1 heterocycles. The number of anilines is 2. The molecular weight excluding hydrogens is 474 g/mol. The highest BCUT2D eigenvalue weighted by atomic mass is 16.5. The summed E-state index contributed by atoms with van der Waals surface area (Å²) in [7, 11) is 1.62. The number of hydrogen-bond acceptors (Lipinski definition) is 7. The molecule has 1 unspecified atom stereocenters. The molecule has 2 aliphatic rings. The molecule has 9 heteroatoms. The summed E-state index contributed by atoms with van der Waals surface area (Å²) >= 11 is 0. The number of ether oxygens (including phenoxy) is 3. The lowest BCUT2D eigenvalue weighted by molar-refractivity contribution is -0.120. The van der Waals surface area contributed by atoms with Gasteiger partial charge < -0.3 is 35.3 Å². The van der Waals surface area contributed by atoms with Crippen molar-refractivity contribution in [2.75, 3.05) is 44.0 Å². The minimum atomic E-state index is -0.740. The topological polar surface area (TPSA) is 118 Å². The molecule has 1 aliphatic carbocycles. The number of hydrogen-bond donors (Lipinski definition) is 4. The van der Waals surface area contributed by atoms with Gasteiger partial charge in [-0.1, -0.05) is 19.3 Å². The van der Waals surface area contributed by atoms with Crippen LogP contribution in [0.3, 0.4) is 0 Å². The largest absolute Gasteiger partial charge is 0.497 e. The average molecular weight is 512 g/mol. The van der Waals surface area contributed by atoms with Crippen LogP contribution in [0, 0.1) is 5.92 Å². The minimum Gasteiger partial charge on any atom is -0.497 e. The number of methoxy groups -OCH3 is 1. The molecule has 0 bridgehead atoms. The van der Waals surface area contributed by atoms with Crippen molar-refractivity contribution in [2.45, 2.75) is 51.0 Å². The molecule has 0 radical (unpaired) electrons. The van der Waals surface area contributed by atoms with Crippen molar-refractivity contribution in [1.82, 2.24) is 5.32 Å². The standard InChI is InChI=1S/C28H37N3O6/c1-35-22-7-9-23(10-8-22)36-14-13-29-17-21(32)18-37-26-16-20(15-25-24(26)11-12-27(33)31-25)30-28(34)19-5-3-2-4-6-19/h7-10,15-16,19,21,29,32H,2-6,11-14,17-18H2,1H3,(H,30,34)(H,31,33). The summed E-state index contributed by atoms with van der Waals surface area (Å²) in [6.07, 6.45) is 5.32. The van der Waals surface area contributed by atoms with Crippen molar-refractivity contribution in [3.8, 4) is 17.2 Å². The summed E-state index contributed by atoms with van der Waals surface area (Å²) in [5.41, 5.74) is 2.12. The van der Waals surface area contributed by atoms with Crippen molar-refractivity contribution in [1.29, 1.82) is 0 Å². The average Bonchev–Trinajstić information content (AvgIpc) is 2.92. The number of aliphatic hydroxyl groups excluding tert-OH is 1. The van der Waals surface area contributed by atoms with E-state index in [0.717, 1.165) is 42.7 Å². The summed E-state index contributed by atoms with van der Waals surface area (Å²) in [4.78, 5) is 24.7. The van der Waals surface area contributed by atoms with E-state index in [0.29, 0.717) is 49.7 Å². The lowest BCUT2D eigenvalue weighted by atomic mass is 9.88. The maximum atomic E-state index is 12.8. The number of aliphatic hydroxyl groups is 1. The molecular formula is C28H37N3O6. The minimum absolute atomic E-state index is 0.00818. The van der Waals surface area contributed by atoms with E-state index in [1.807, 2.05) is 24.3 Å². The van der Waals surface area contributed by atoms with Crippen LogP contribution < -0.4 is 30.2 Å². The Morgan fingerprint density at radius 3 is 2.59 bits per heavy atom. The quantitative estimate of drug-likeness (QED) is 0.322. The molecule has 37 heavy (non-hydrogen) atoms. The fraction of sp³-hybridized carbons (Fsp3) is 0.500. The van der Waals surface area contributed by atoms with Crippen LogP contribution in [0.25, 0.3) is 0 Å². The van der Waals surface area contributed by atoms with E-state index in [9.17, 15) is 14.7 Å². The van der Waals surface area contributed by atoms with Gasteiger partial charge >= 0.3 is 0 Å². The summed E-state index contributed by atoms with van der Waals surface area (Å²) in [6.45, 7) is 1.43. The predicted octanol–water partition coefficient (Wildman–Crippen LogP) is 3.51. The SMILES string of the molecule is COc1ccc(OCCNCC(O)COc2cc(NC(=O)C3CCCCC3)cc3c2CCC(=O)N3)cc1. The Morgan fingerprint density at radius 1 is 1.08 bits per heavy atom. The lowest BCUT2D eigenvalue weighted by Gasteiger charge is -2.24. The first kappa shape index (κ1) is 26.8. The van der Waals surface area contributed by atoms with Crippen molar-refractivity contribution in [3.63, 3.8) is 0 Å². The highest BCUT2D eigenvalue weighted by Crippen LogP contribution is 2.36. The molecule has 200 valence electrons. The van der Waals surface area contributed by atoms with Crippen LogP contribution >= 0.6 is 0 Å². The number of carbonyl (C=O) groups excluding carboxylic acids is 2. The Morgan fingerprint density at radius 2 is 1.84 bits per heavy atom. The van der Waals surface area contributed by atoms with Gasteiger partial charge in [0.1, 0.15) is 36.6 Å². The van der Waals surface area contributed by atoms with Crippen LogP contribution in [0.15, 0.2) is 36.4 Å². The number of fused-ring (bicyclic) bond motifs is 1. The summed E-state index contributed by atoms with van der Waals surface area (Å²) in [5.74, 6) is 2.06. The molecule has 4 rings (SSSR count). The fourth-order valence-electron chi connectivity index (χ4n) is 4.70. The third kappa shape index (κ3) is 7.84. The molecule has 2 amide bonds. The Hall–Kier alpha value is -3.30. The Kier molecular flexibility index (Phi) is 9.62.